The molecule has 0 spiro atoms. The Hall–Kier alpha value is -4.67. The minimum Gasteiger partial charge on any atom is -0.366 e. The predicted molar refractivity (Wildman–Crippen MR) is 126 cm³/mol. The number of nitrogens with zero attached hydrogens (tertiary/aromatic N) is 7. The van der Waals surface area contributed by atoms with Gasteiger partial charge in [0.2, 0.25) is 0 Å². The second kappa shape index (κ2) is 8.28. The van der Waals surface area contributed by atoms with Crippen LogP contribution in [0.2, 0.25) is 0 Å². The number of fused-ring (bicyclic) bond motifs is 2. The molecule has 0 saturated carbocycles. The topological polar surface area (TPSA) is 113 Å². The summed E-state index contributed by atoms with van der Waals surface area (Å²) in [5.74, 6) is -1.86. The van der Waals surface area contributed by atoms with Gasteiger partial charge in [0.25, 0.3) is 11.7 Å². The van der Waals surface area contributed by atoms with Crippen molar-refractivity contribution in [3.63, 3.8) is 0 Å². The van der Waals surface area contributed by atoms with Gasteiger partial charge in [0.15, 0.2) is 11.6 Å². The Morgan fingerprint density at radius 2 is 1.83 bits per heavy atom. The number of halogens is 1. The van der Waals surface area contributed by atoms with Gasteiger partial charge in [0.1, 0.15) is 0 Å². The molecule has 35 heavy (non-hydrogen) atoms. The van der Waals surface area contributed by atoms with Gasteiger partial charge in [-0.05, 0) is 12.1 Å². The number of hydrogen-bond donors (Lipinski definition) is 1. The van der Waals surface area contributed by atoms with Gasteiger partial charge >= 0.3 is 0 Å². The van der Waals surface area contributed by atoms with Gasteiger partial charge in [0.05, 0.1) is 46.3 Å². The number of nitrogens with one attached hydrogen (secondary N) is 1. The molecule has 1 aromatic carbocycles. The number of hydrogen-bond acceptors (Lipinski definition) is 7. The number of benzene rings is 1. The molecule has 0 radical (unpaired) electrons. The number of Topliss-reactive ketones (excluding diaryl/α,β-unsaturated/α-hetero) is 1. The number of carbonyl (C=O) groups is 2. The number of carbonyl (C=O) groups excluding carboxylic acids is 2. The van der Waals surface area contributed by atoms with Gasteiger partial charge in [-0.3, -0.25) is 14.6 Å². The molecule has 11 heteroatoms. The third kappa shape index (κ3) is 3.48. The number of aromatic amines is 1. The van der Waals surface area contributed by atoms with Crippen LogP contribution in [-0.2, 0) is 4.79 Å². The number of para-hydroxylation sites is 1. The lowest BCUT2D eigenvalue weighted by Crippen LogP contribution is -2.50. The highest BCUT2D eigenvalue weighted by atomic mass is 19.1. The minimum absolute atomic E-state index is 0.00400. The van der Waals surface area contributed by atoms with Crippen LogP contribution < -0.4 is 4.90 Å². The maximum Gasteiger partial charge on any atom is 0.295 e. The number of pyridine rings is 2. The minimum atomic E-state index is -0.772. The molecule has 0 unspecified atom stereocenters. The van der Waals surface area contributed by atoms with E-state index in [-0.39, 0.29) is 22.3 Å². The van der Waals surface area contributed by atoms with Crippen molar-refractivity contribution in [3.05, 3.63) is 72.7 Å². The van der Waals surface area contributed by atoms with Crippen LogP contribution in [0.4, 0.5) is 10.1 Å². The summed E-state index contributed by atoms with van der Waals surface area (Å²) in [6, 6.07) is 9.90. The second-order valence-corrected chi connectivity index (χ2v) is 8.19. The molecule has 1 fully saturated rings. The maximum atomic E-state index is 14.7. The number of amides is 1. The first-order chi connectivity index (χ1) is 17.1. The van der Waals surface area contributed by atoms with Gasteiger partial charge in [-0.2, -0.15) is 0 Å². The molecule has 1 N–H and O–H groups in total. The SMILES string of the molecule is O=C(C(=O)N1CCN(c2cccc3cccnc23)CC1)c1c[nH]c2c(-n3ccnn3)ncc(F)c12. The summed E-state index contributed by atoms with van der Waals surface area (Å²) < 4.78 is 16.1. The first-order valence-electron chi connectivity index (χ1n) is 11.1. The molecule has 0 aliphatic carbocycles. The fourth-order valence-electron chi connectivity index (χ4n) is 4.52. The van der Waals surface area contributed by atoms with Gasteiger partial charge < -0.3 is 14.8 Å². The van der Waals surface area contributed by atoms with Crippen molar-refractivity contribution in [1.29, 1.82) is 0 Å². The number of piperazine rings is 1. The molecule has 1 aliphatic heterocycles. The molecule has 0 atom stereocenters. The molecule has 1 saturated heterocycles. The summed E-state index contributed by atoms with van der Waals surface area (Å²) in [6.07, 6.45) is 7.12. The predicted octanol–water partition coefficient (Wildman–Crippen LogP) is 2.36. The standard InChI is InChI=1S/C24H19FN8O2/c25-17-14-28-23(33-8-7-29-30-33)21-19(17)16(13-27-21)22(34)24(35)32-11-9-31(10-12-32)18-5-1-3-15-4-2-6-26-20(15)18/h1-8,13-14,27H,9-12H2. The quantitative estimate of drug-likeness (QED) is 0.317. The van der Waals surface area contributed by atoms with E-state index in [1.54, 1.807) is 12.4 Å². The van der Waals surface area contributed by atoms with E-state index in [1.165, 1.54) is 22.0 Å². The molecule has 10 nitrogen and oxygen atoms in total. The monoisotopic (exact) mass is 470 g/mol. The van der Waals surface area contributed by atoms with E-state index in [4.69, 9.17) is 0 Å². The van der Waals surface area contributed by atoms with Crippen LogP contribution in [0.1, 0.15) is 10.4 Å². The lowest BCUT2D eigenvalue weighted by molar-refractivity contribution is -0.126. The zero-order chi connectivity index (χ0) is 23.9. The first kappa shape index (κ1) is 20.9. The van der Waals surface area contributed by atoms with Crippen LogP contribution in [0, 0.1) is 5.82 Å². The van der Waals surface area contributed by atoms with Crippen LogP contribution in [0.3, 0.4) is 0 Å². The van der Waals surface area contributed by atoms with E-state index in [0.717, 1.165) is 22.8 Å². The molecule has 5 heterocycles. The molecular weight excluding hydrogens is 451 g/mol. The Bertz CT molecular complexity index is 1570. The average molecular weight is 470 g/mol. The lowest BCUT2D eigenvalue weighted by atomic mass is 10.1. The van der Waals surface area contributed by atoms with Crippen LogP contribution in [0.15, 0.2) is 61.3 Å². The summed E-state index contributed by atoms with van der Waals surface area (Å²) in [6.45, 7) is 1.84. The number of anilines is 1. The summed E-state index contributed by atoms with van der Waals surface area (Å²) in [5, 5.41) is 8.65. The highest BCUT2D eigenvalue weighted by molar-refractivity contribution is 6.45. The van der Waals surface area contributed by atoms with Gasteiger partial charge in [-0.25, -0.2) is 14.1 Å². The fraction of sp³-hybridized carbons (Fsp3) is 0.167. The highest BCUT2D eigenvalue weighted by Gasteiger charge is 2.30. The molecule has 6 rings (SSSR count). The van der Waals surface area contributed by atoms with Crippen molar-refractivity contribution < 1.29 is 14.0 Å². The van der Waals surface area contributed by atoms with Gasteiger partial charge in [-0.1, -0.05) is 23.4 Å². The van der Waals surface area contributed by atoms with Crippen molar-refractivity contribution in [2.75, 3.05) is 31.1 Å². The normalized spacial score (nSPS) is 14.1. The molecule has 0 bridgehead atoms. The summed E-state index contributed by atoms with van der Waals surface area (Å²) >= 11 is 0. The number of ketones is 1. The zero-order valence-corrected chi connectivity index (χ0v) is 18.4. The van der Waals surface area contributed by atoms with E-state index >= 15 is 0 Å². The summed E-state index contributed by atoms with van der Waals surface area (Å²) in [4.78, 5) is 41.3. The van der Waals surface area contributed by atoms with Crippen LogP contribution in [0.5, 0.6) is 0 Å². The van der Waals surface area contributed by atoms with Gasteiger partial charge in [-0.15, -0.1) is 5.10 Å². The van der Waals surface area contributed by atoms with Crippen molar-refractivity contribution in [3.8, 4) is 5.82 Å². The molecule has 1 aliphatic rings. The Morgan fingerprint density at radius 3 is 2.63 bits per heavy atom. The largest absolute Gasteiger partial charge is 0.366 e. The molecule has 4 aromatic heterocycles. The van der Waals surface area contributed by atoms with E-state index < -0.39 is 17.5 Å². The van der Waals surface area contributed by atoms with E-state index in [9.17, 15) is 14.0 Å². The van der Waals surface area contributed by atoms with Crippen molar-refractivity contribution in [2.24, 2.45) is 0 Å². The Kier molecular flexibility index (Phi) is 4.94. The molecule has 174 valence electrons. The molecule has 5 aromatic rings. The Balaban J connectivity index is 1.23. The zero-order valence-electron chi connectivity index (χ0n) is 18.4. The smallest absolute Gasteiger partial charge is 0.295 e. The van der Waals surface area contributed by atoms with E-state index in [0.29, 0.717) is 26.2 Å². The maximum absolute atomic E-state index is 14.7. The Labute approximate surface area is 198 Å². The first-order valence-corrected chi connectivity index (χ1v) is 11.1. The van der Waals surface area contributed by atoms with Crippen LogP contribution in [-0.4, -0.2) is 72.7 Å². The third-order valence-electron chi connectivity index (χ3n) is 6.24. The number of aromatic nitrogens is 6. The number of H-pyrrole nitrogens is 1. The summed E-state index contributed by atoms with van der Waals surface area (Å²) in [5.41, 5.74) is 2.12. The fourth-order valence-corrected chi connectivity index (χ4v) is 4.52. The summed E-state index contributed by atoms with van der Waals surface area (Å²) in [7, 11) is 0. The van der Waals surface area contributed by atoms with E-state index in [1.807, 2.05) is 30.3 Å². The molecule has 1 amide bonds. The number of rotatable bonds is 4. The van der Waals surface area contributed by atoms with Crippen molar-refractivity contribution in [2.45, 2.75) is 0 Å². The van der Waals surface area contributed by atoms with Crippen LogP contribution in [0.25, 0.3) is 27.6 Å². The van der Waals surface area contributed by atoms with Crippen LogP contribution >= 0.6 is 0 Å². The lowest BCUT2D eigenvalue weighted by Gasteiger charge is -2.36. The second-order valence-electron chi connectivity index (χ2n) is 8.19. The van der Waals surface area contributed by atoms with Crippen molar-refractivity contribution >= 4 is 39.2 Å². The van der Waals surface area contributed by atoms with Gasteiger partial charge in [0, 0.05) is 44.0 Å². The third-order valence-corrected chi connectivity index (χ3v) is 6.24. The highest BCUT2D eigenvalue weighted by Crippen LogP contribution is 2.28. The Morgan fingerprint density at radius 1 is 1.00 bits per heavy atom. The average Bonchev–Trinajstić information content (AvgIpc) is 3.59. The van der Waals surface area contributed by atoms with Crippen molar-refractivity contribution in [1.82, 2.24) is 34.8 Å². The van der Waals surface area contributed by atoms with E-state index in [2.05, 4.69) is 30.2 Å². The molecular formula is C24H19FN8O2.